The van der Waals surface area contributed by atoms with E-state index in [9.17, 15) is 4.79 Å². The van der Waals surface area contributed by atoms with Gasteiger partial charge in [-0.1, -0.05) is 68.7 Å². The van der Waals surface area contributed by atoms with E-state index < -0.39 is 0 Å². The van der Waals surface area contributed by atoms with Gasteiger partial charge in [-0.05, 0) is 35.4 Å². The molecule has 3 aromatic carbocycles. The highest BCUT2D eigenvalue weighted by molar-refractivity contribution is 6.03. The normalized spacial score (nSPS) is 11.0. The molecule has 0 atom stereocenters. The highest BCUT2D eigenvalue weighted by Crippen LogP contribution is 2.26. The molecule has 1 N–H and O–H groups in total. The van der Waals surface area contributed by atoms with Crippen LogP contribution < -0.4 is 14.9 Å². The Kier molecular flexibility index (Phi) is 7.84. The fourth-order valence-electron chi connectivity index (χ4n) is 3.29. The third kappa shape index (κ3) is 5.38. The Morgan fingerprint density at radius 2 is 1.77 bits per heavy atom. The van der Waals surface area contributed by atoms with E-state index >= 15 is 0 Å². The van der Waals surface area contributed by atoms with Crippen molar-refractivity contribution >= 4 is 22.9 Å². The summed E-state index contributed by atoms with van der Waals surface area (Å²) in [7, 11) is 1.62. The highest BCUT2D eigenvalue weighted by Gasteiger charge is 2.12. The van der Waals surface area contributed by atoms with Crippen LogP contribution in [0.25, 0.3) is 10.8 Å². The largest absolute Gasteiger partial charge is 0.496 e. The SMILES string of the molecule is CCCCCCOc1ccccc1C(=O)NN=Cc1c(OC)ccc2ccccc12. The van der Waals surface area contributed by atoms with Crippen molar-refractivity contribution in [3.8, 4) is 11.5 Å². The number of ether oxygens (including phenoxy) is 2. The zero-order valence-electron chi connectivity index (χ0n) is 17.6. The average molecular weight is 405 g/mol. The summed E-state index contributed by atoms with van der Waals surface area (Å²) in [5, 5.41) is 6.26. The van der Waals surface area contributed by atoms with Gasteiger partial charge in [-0.15, -0.1) is 0 Å². The van der Waals surface area contributed by atoms with Crippen LogP contribution in [-0.4, -0.2) is 25.8 Å². The number of fused-ring (bicyclic) bond motifs is 1. The van der Waals surface area contributed by atoms with Crippen LogP contribution in [0.4, 0.5) is 0 Å². The number of hydrazone groups is 1. The molecule has 0 radical (unpaired) electrons. The number of methoxy groups -OCH3 is 1. The van der Waals surface area contributed by atoms with E-state index in [1.54, 1.807) is 19.4 Å². The number of carbonyl (C=O) groups is 1. The number of rotatable bonds is 10. The molecule has 0 saturated heterocycles. The summed E-state index contributed by atoms with van der Waals surface area (Å²) in [4.78, 5) is 12.7. The van der Waals surface area contributed by atoms with Crippen molar-refractivity contribution < 1.29 is 14.3 Å². The number of hydrogen-bond acceptors (Lipinski definition) is 4. The molecule has 1 amide bonds. The van der Waals surface area contributed by atoms with Gasteiger partial charge >= 0.3 is 0 Å². The Bertz CT molecular complexity index is 1010. The van der Waals surface area contributed by atoms with Crippen molar-refractivity contribution in [2.75, 3.05) is 13.7 Å². The van der Waals surface area contributed by atoms with E-state index in [-0.39, 0.29) is 5.91 Å². The Balaban J connectivity index is 1.71. The molecule has 156 valence electrons. The second-order valence-corrected chi connectivity index (χ2v) is 7.01. The van der Waals surface area contributed by atoms with Crippen LogP contribution >= 0.6 is 0 Å². The summed E-state index contributed by atoms with van der Waals surface area (Å²) in [6.07, 6.45) is 6.09. The third-order valence-electron chi connectivity index (χ3n) is 4.90. The molecule has 0 aliphatic heterocycles. The van der Waals surface area contributed by atoms with E-state index in [2.05, 4.69) is 17.5 Å². The maximum absolute atomic E-state index is 12.7. The first kappa shape index (κ1) is 21.4. The minimum Gasteiger partial charge on any atom is -0.496 e. The van der Waals surface area contributed by atoms with Gasteiger partial charge in [0, 0.05) is 5.56 Å². The number of nitrogens with one attached hydrogen (secondary N) is 1. The van der Waals surface area contributed by atoms with Crippen LogP contribution in [0.3, 0.4) is 0 Å². The summed E-state index contributed by atoms with van der Waals surface area (Å²) in [6.45, 7) is 2.77. The van der Waals surface area contributed by atoms with Crippen molar-refractivity contribution in [1.29, 1.82) is 0 Å². The second-order valence-electron chi connectivity index (χ2n) is 7.01. The summed E-state index contributed by atoms with van der Waals surface area (Å²) in [5.41, 5.74) is 3.89. The lowest BCUT2D eigenvalue weighted by Crippen LogP contribution is -2.19. The molecule has 0 fully saturated rings. The van der Waals surface area contributed by atoms with Crippen LogP contribution in [0.1, 0.15) is 48.5 Å². The van der Waals surface area contributed by atoms with Crippen molar-refractivity contribution in [3.05, 3.63) is 71.8 Å². The number of nitrogens with zero attached hydrogens (tertiary/aromatic N) is 1. The van der Waals surface area contributed by atoms with E-state index in [1.807, 2.05) is 54.6 Å². The lowest BCUT2D eigenvalue weighted by molar-refractivity contribution is 0.0951. The predicted octanol–water partition coefficient (Wildman–Crippen LogP) is 5.57. The Labute approximate surface area is 177 Å². The molecule has 0 aromatic heterocycles. The summed E-state index contributed by atoms with van der Waals surface area (Å²) in [6, 6.07) is 19.1. The molecule has 5 nitrogen and oxygen atoms in total. The number of benzene rings is 3. The molecule has 0 spiro atoms. The summed E-state index contributed by atoms with van der Waals surface area (Å²) < 4.78 is 11.3. The number of para-hydroxylation sites is 1. The third-order valence-corrected chi connectivity index (χ3v) is 4.90. The first-order valence-corrected chi connectivity index (χ1v) is 10.4. The van der Waals surface area contributed by atoms with Gasteiger partial charge in [0.25, 0.3) is 5.91 Å². The molecule has 0 heterocycles. The smallest absolute Gasteiger partial charge is 0.275 e. The molecule has 3 rings (SSSR count). The van der Waals surface area contributed by atoms with Gasteiger partial charge in [0.15, 0.2) is 0 Å². The van der Waals surface area contributed by atoms with Gasteiger partial charge in [0.2, 0.25) is 0 Å². The fraction of sp³-hybridized carbons (Fsp3) is 0.280. The van der Waals surface area contributed by atoms with Gasteiger partial charge < -0.3 is 9.47 Å². The number of amides is 1. The van der Waals surface area contributed by atoms with Crippen LogP contribution in [0.15, 0.2) is 65.8 Å². The molecule has 0 saturated carbocycles. The molecule has 0 aliphatic carbocycles. The Morgan fingerprint density at radius 1 is 0.967 bits per heavy atom. The summed E-state index contributed by atoms with van der Waals surface area (Å²) >= 11 is 0. The monoisotopic (exact) mass is 404 g/mol. The van der Waals surface area contributed by atoms with Gasteiger partial charge in [0.1, 0.15) is 11.5 Å². The molecule has 5 heteroatoms. The van der Waals surface area contributed by atoms with Crippen LogP contribution in [-0.2, 0) is 0 Å². The quantitative estimate of drug-likeness (QED) is 0.273. The molecular formula is C25H28N2O3. The predicted molar refractivity (Wildman–Crippen MR) is 122 cm³/mol. The molecular weight excluding hydrogens is 376 g/mol. The first-order chi connectivity index (χ1) is 14.7. The topological polar surface area (TPSA) is 59.9 Å². The van der Waals surface area contributed by atoms with Crippen LogP contribution in [0.2, 0.25) is 0 Å². The van der Waals surface area contributed by atoms with Crippen molar-refractivity contribution in [1.82, 2.24) is 5.43 Å². The second kappa shape index (κ2) is 11.0. The molecule has 30 heavy (non-hydrogen) atoms. The minimum absolute atomic E-state index is 0.311. The number of unbranched alkanes of at least 4 members (excludes halogenated alkanes) is 3. The van der Waals surface area contributed by atoms with Gasteiger partial charge in [-0.25, -0.2) is 5.43 Å². The average Bonchev–Trinajstić information content (AvgIpc) is 2.79. The lowest BCUT2D eigenvalue weighted by Gasteiger charge is -2.10. The van der Waals surface area contributed by atoms with Crippen LogP contribution in [0.5, 0.6) is 11.5 Å². The summed E-state index contributed by atoms with van der Waals surface area (Å²) in [5.74, 6) is 0.960. The van der Waals surface area contributed by atoms with Gasteiger partial charge in [-0.2, -0.15) is 5.10 Å². The van der Waals surface area contributed by atoms with Crippen molar-refractivity contribution in [3.63, 3.8) is 0 Å². The van der Waals surface area contributed by atoms with Crippen LogP contribution in [0, 0.1) is 0 Å². The maximum atomic E-state index is 12.7. The molecule has 0 bridgehead atoms. The van der Waals surface area contributed by atoms with E-state index in [0.29, 0.717) is 23.7 Å². The van der Waals surface area contributed by atoms with E-state index in [1.165, 1.54) is 12.8 Å². The zero-order valence-corrected chi connectivity index (χ0v) is 17.6. The standard InChI is InChI=1S/C25H28N2O3/c1-3-4-5-10-17-30-24-14-9-8-13-21(24)25(28)27-26-18-22-20-12-7-6-11-19(20)15-16-23(22)29-2/h6-9,11-16,18H,3-5,10,17H2,1-2H3,(H,27,28). The Hall–Kier alpha value is -3.34. The zero-order chi connectivity index (χ0) is 21.2. The van der Waals surface area contributed by atoms with E-state index in [0.717, 1.165) is 29.2 Å². The molecule has 0 aliphatic rings. The Morgan fingerprint density at radius 3 is 2.60 bits per heavy atom. The van der Waals surface area contributed by atoms with Gasteiger partial charge in [0.05, 0.1) is 25.5 Å². The number of hydrogen-bond donors (Lipinski definition) is 1. The van der Waals surface area contributed by atoms with Crippen molar-refractivity contribution in [2.24, 2.45) is 5.10 Å². The first-order valence-electron chi connectivity index (χ1n) is 10.4. The minimum atomic E-state index is -0.311. The highest BCUT2D eigenvalue weighted by atomic mass is 16.5. The molecule has 3 aromatic rings. The van der Waals surface area contributed by atoms with Gasteiger partial charge in [-0.3, -0.25) is 4.79 Å². The van der Waals surface area contributed by atoms with Crippen molar-refractivity contribution in [2.45, 2.75) is 32.6 Å². The maximum Gasteiger partial charge on any atom is 0.275 e. The molecule has 0 unspecified atom stereocenters. The fourth-order valence-corrected chi connectivity index (χ4v) is 3.29. The van der Waals surface area contributed by atoms with E-state index in [4.69, 9.17) is 9.47 Å². The number of carbonyl (C=O) groups excluding carboxylic acids is 1. The lowest BCUT2D eigenvalue weighted by atomic mass is 10.0.